The fraction of sp³-hybridized carbons (Fsp3) is 0.737. The molecule has 2 rings (SSSR count). The highest BCUT2D eigenvalue weighted by molar-refractivity contribution is 5.99. The summed E-state index contributed by atoms with van der Waals surface area (Å²) in [5, 5.41) is 3.30. The van der Waals surface area contributed by atoms with Gasteiger partial charge in [0.1, 0.15) is 0 Å². The van der Waals surface area contributed by atoms with Gasteiger partial charge in [0.2, 0.25) is 0 Å². The number of hydrogen-bond donors (Lipinski definition) is 1. The topological polar surface area (TPSA) is 34.0 Å². The van der Waals surface area contributed by atoms with Crippen LogP contribution in [0.5, 0.6) is 0 Å². The Bertz CT molecular complexity index is 484. The van der Waals surface area contributed by atoms with Gasteiger partial charge in [-0.25, -0.2) is 0 Å². The highest BCUT2D eigenvalue weighted by Crippen LogP contribution is 2.32. The zero-order valence-electron chi connectivity index (χ0n) is 14.6. The van der Waals surface area contributed by atoms with Crippen LogP contribution in [0.4, 0.5) is 0 Å². The van der Waals surface area contributed by atoms with Crippen molar-refractivity contribution in [2.45, 2.75) is 78.2 Å². The Morgan fingerprint density at radius 2 is 1.95 bits per heavy atom. The second kappa shape index (κ2) is 8.52. The summed E-state index contributed by atoms with van der Waals surface area (Å²) in [4.78, 5) is 12.5. The minimum absolute atomic E-state index is 0.242. The van der Waals surface area contributed by atoms with Gasteiger partial charge in [0, 0.05) is 23.0 Å². The zero-order chi connectivity index (χ0) is 15.9. The Kier molecular flexibility index (Phi) is 6.69. The molecule has 1 aromatic heterocycles. The van der Waals surface area contributed by atoms with E-state index in [1.807, 2.05) is 0 Å². The van der Waals surface area contributed by atoms with Crippen LogP contribution >= 0.6 is 0 Å². The van der Waals surface area contributed by atoms with Gasteiger partial charge in [-0.1, -0.05) is 39.0 Å². The van der Waals surface area contributed by atoms with Crippen LogP contribution in [-0.4, -0.2) is 23.4 Å². The number of carbonyl (C=O) groups is 1. The van der Waals surface area contributed by atoms with E-state index < -0.39 is 0 Å². The van der Waals surface area contributed by atoms with Gasteiger partial charge in [-0.3, -0.25) is 4.79 Å². The van der Waals surface area contributed by atoms with E-state index in [0.717, 1.165) is 18.5 Å². The van der Waals surface area contributed by atoms with E-state index in [9.17, 15) is 4.79 Å². The molecule has 0 amide bonds. The third-order valence-electron chi connectivity index (χ3n) is 4.97. The summed E-state index contributed by atoms with van der Waals surface area (Å²) in [5.41, 5.74) is 3.34. The lowest BCUT2D eigenvalue weighted by Gasteiger charge is -2.26. The average Bonchev–Trinajstić information content (AvgIpc) is 2.82. The van der Waals surface area contributed by atoms with Crippen LogP contribution < -0.4 is 5.32 Å². The average molecular weight is 304 g/mol. The molecule has 1 fully saturated rings. The first kappa shape index (κ1) is 17.3. The van der Waals surface area contributed by atoms with Crippen molar-refractivity contribution in [1.82, 2.24) is 9.88 Å². The summed E-state index contributed by atoms with van der Waals surface area (Å²) in [6.07, 6.45) is 10.1. The zero-order valence-corrected chi connectivity index (χ0v) is 14.6. The van der Waals surface area contributed by atoms with Crippen LogP contribution in [0.2, 0.25) is 0 Å². The number of ketones is 1. The van der Waals surface area contributed by atoms with Gasteiger partial charge in [0.25, 0.3) is 0 Å². The van der Waals surface area contributed by atoms with E-state index in [4.69, 9.17) is 0 Å². The number of aryl methyl sites for hydroxylation is 1. The van der Waals surface area contributed by atoms with E-state index in [1.165, 1.54) is 56.3 Å². The molecule has 0 bridgehead atoms. The molecule has 1 aliphatic carbocycles. The molecule has 0 saturated heterocycles. The third kappa shape index (κ3) is 4.22. The summed E-state index contributed by atoms with van der Waals surface area (Å²) in [6.45, 7) is 7.88. The van der Waals surface area contributed by atoms with Gasteiger partial charge < -0.3 is 9.88 Å². The van der Waals surface area contributed by atoms with Crippen molar-refractivity contribution in [3.05, 3.63) is 23.0 Å². The Morgan fingerprint density at radius 1 is 1.23 bits per heavy atom. The molecule has 0 atom stereocenters. The molecule has 0 unspecified atom stereocenters. The van der Waals surface area contributed by atoms with E-state index in [2.05, 4.69) is 36.7 Å². The summed E-state index contributed by atoms with van der Waals surface area (Å²) < 4.78 is 2.42. The first-order valence-electron chi connectivity index (χ1n) is 9.07. The van der Waals surface area contributed by atoms with Crippen LogP contribution in [0.1, 0.15) is 86.1 Å². The molecule has 1 saturated carbocycles. The number of nitrogens with zero attached hydrogens (tertiary/aromatic N) is 1. The monoisotopic (exact) mass is 304 g/mol. The van der Waals surface area contributed by atoms with Crippen LogP contribution in [0, 0.1) is 13.8 Å². The summed E-state index contributed by atoms with van der Waals surface area (Å²) in [7, 11) is 0. The fourth-order valence-corrected chi connectivity index (χ4v) is 3.76. The standard InChI is InChI=1S/C19H32N2O/c1-4-5-9-12-20-14-19(22)18-13-15(2)21(16(18)3)17-10-7-6-8-11-17/h13,17,20H,4-12,14H2,1-3H3. The third-order valence-corrected chi connectivity index (χ3v) is 4.97. The minimum atomic E-state index is 0.242. The maximum atomic E-state index is 12.5. The maximum Gasteiger partial charge on any atom is 0.178 e. The Hall–Kier alpha value is -1.09. The van der Waals surface area contributed by atoms with E-state index >= 15 is 0 Å². The van der Waals surface area contributed by atoms with E-state index in [-0.39, 0.29) is 5.78 Å². The lowest BCUT2D eigenvalue weighted by atomic mass is 9.95. The van der Waals surface area contributed by atoms with Gasteiger partial charge in [-0.2, -0.15) is 0 Å². The fourth-order valence-electron chi connectivity index (χ4n) is 3.76. The number of aromatic nitrogens is 1. The van der Waals surface area contributed by atoms with Crippen LogP contribution in [-0.2, 0) is 0 Å². The van der Waals surface area contributed by atoms with Gasteiger partial charge in [-0.15, -0.1) is 0 Å². The molecule has 0 aliphatic heterocycles. The molecule has 1 N–H and O–H groups in total. The largest absolute Gasteiger partial charge is 0.345 e. The molecule has 0 radical (unpaired) electrons. The normalized spacial score (nSPS) is 16.1. The lowest BCUT2D eigenvalue weighted by Crippen LogP contribution is -2.24. The smallest absolute Gasteiger partial charge is 0.178 e. The van der Waals surface area contributed by atoms with Crippen molar-refractivity contribution in [2.24, 2.45) is 0 Å². The van der Waals surface area contributed by atoms with Crippen molar-refractivity contribution in [1.29, 1.82) is 0 Å². The van der Waals surface area contributed by atoms with Crippen molar-refractivity contribution in [3.8, 4) is 0 Å². The Balaban J connectivity index is 1.97. The molecule has 1 aromatic rings. The summed E-state index contributed by atoms with van der Waals surface area (Å²) in [5.74, 6) is 0.242. The molecule has 1 aliphatic rings. The predicted octanol–water partition coefficient (Wildman–Crippen LogP) is 4.57. The second-order valence-electron chi connectivity index (χ2n) is 6.75. The Morgan fingerprint density at radius 3 is 2.64 bits per heavy atom. The highest BCUT2D eigenvalue weighted by atomic mass is 16.1. The molecule has 0 aromatic carbocycles. The number of nitrogens with one attached hydrogen (secondary N) is 1. The van der Waals surface area contributed by atoms with E-state index in [0.29, 0.717) is 12.6 Å². The van der Waals surface area contributed by atoms with Gasteiger partial charge in [0.05, 0.1) is 6.54 Å². The molecule has 3 heteroatoms. The molecule has 0 spiro atoms. The van der Waals surface area contributed by atoms with Crippen molar-refractivity contribution in [2.75, 3.05) is 13.1 Å². The molecule has 22 heavy (non-hydrogen) atoms. The molecule has 1 heterocycles. The van der Waals surface area contributed by atoms with Crippen LogP contribution in [0.15, 0.2) is 6.07 Å². The first-order valence-corrected chi connectivity index (χ1v) is 9.07. The number of hydrogen-bond acceptors (Lipinski definition) is 2. The lowest BCUT2D eigenvalue weighted by molar-refractivity contribution is 0.0990. The van der Waals surface area contributed by atoms with Crippen molar-refractivity contribution >= 4 is 5.78 Å². The molecular formula is C19H32N2O. The number of Topliss-reactive ketones (excluding diaryl/α,β-unsaturated/α-hetero) is 1. The predicted molar refractivity (Wildman–Crippen MR) is 92.8 cm³/mol. The maximum absolute atomic E-state index is 12.5. The van der Waals surface area contributed by atoms with Gasteiger partial charge in [-0.05, 0) is 45.7 Å². The van der Waals surface area contributed by atoms with Crippen LogP contribution in [0.3, 0.4) is 0 Å². The molecule has 124 valence electrons. The minimum Gasteiger partial charge on any atom is -0.345 e. The highest BCUT2D eigenvalue weighted by Gasteiger charge is 2.22. The Labute approximate surface area is 135 Å². The van der Waals surface area contributed by atoms with E-state index in [1.54, 1.807) is 0 Å². The van der Waals surface area contributed by atoms with Crippen molar-refractivity contribution in [3.63, 3.8) is 0 Å². The molecular weight excluding hydrogens is 272 g/mol. The quantitative estimate of drug-likeness (QED) is 0.564. The number of carbonyl (C=O) groups excluding carboxylic acids is 1. The van der Waals surface area contributed by atoms with Crippen molar-refractivity contribution < 1.29 is 4.79 Å². The first-order chi connectivity index (χ1) is 10.6. The second-order valence-corrected chi connectivity index (χ2v) is 6.75. The van der Waals surface area contributed by atoms with Crippen LogP contribution in [0.25, 0.3) is 0 Å². The van der Waals surface area contributed by atoms with Gasteiger partial charge >= 0.3 is 0 Å². The SMILES string of the molecule is CCCCCNCC(=O)c1cc(C)n(C2CCCCC2)c1C. The number of rotatable bonds is 8. The summed E-state index contributed by atoms with van der Waals surface area (Å²) in [6, 6.07) is 2.70. The van der Waals surface area contributed by atoms with Gasteiger partial charge in [0.15, 0.2) is 5.78 Å². The number of unbranched alkanes of at least 4 members (excludes halogenated alkanes) is 2. The summed E-state index contributed by atoms with van der Waals surface area (Å²) >= 11 is 0. The molecule has 3 nitrogen and oxygen atoms in total.